The van der Waals surface area contributed by atoms with Crippen molar-refractivity contribution in [3.05, 3.63) is 35.9 Å². The molecule has 1 rings (SSSR count). The molecule has 1 unspecified atom stereocenters. The molecule has 120 valence electrons. The van der Waals surface area contributed by atoms with Crippen molar-refractivity contribution < 1.29 is 24.2 Å². The largest absolute Gasteiger partial charge is 0.480 e. The molecule has 0 fully saturated rings. The maximum Gasteiger partial charge on any atom is 0.407 e. The maximum atomic E-state index is 11.5. The van der Waals surface area contributed by atoms with Crippen molar-refractivity contribution in [1.29, 1.82) is 0 Å². The summed E-state index contributed by atoms with van der Waals surface area (Å²) in [5.74, 6) is -1.64. The molecule has 0 aromatic heterocycles. The standard InChI is InChI=1S/C14H18N2O5S/c17-12(16-11(9-22)13(18)19)6-7-15-14(20)21-8-10-4-2-1-3-5-10/h1-5,11,22H,6-9H2,(H,15,20)(H,16,17)(H,18,19). The van der Waals surface area contributed by atoms with E-state index in [2.05, 4.69) is 23.3 Å². The van der Waals surface area contributed by atoms with Crippen LogP contribution in [-0.2, 0) is 20.9 Å². The molecule has 0 spiro atoms. The topological polar surface area (TPSA) is 105 Å². The van der Waals surface area contributed by atoms with Crippen LogP contribution in [0.15, 0.2) is 30.3 Å². The van der Waals surface area contributed by atoms with E-state index in [0.717, 1.165) is 5.56 Å². The van der Waals surface area contributed by atoms with Gasteiger partial charge in [0.15, 0.2) is 0 Å². The van der Waals surface area contributed by atoms with E-state index in [-0.39, 0.29) is 25.3 Å². The molecule has 0 bridgehead atoms. The molecular formula is C14H18N2O5S. The molecule has 0 aliphatic heterocycles. The molecular weight excluding hydrogens is 308 g/mol. The third-order valence-corrected chi connectivity index (χ3v) is 3.02. The van der Waals surface area contributed by atoms with Crippen LogP contribution in [0.4, 0.5) is 4.79 Å². The number of nitrogens with one attached hydrogen (secondary N) is 2. The summed E-state index contributed by atoms with van der Waals surface area (Å²) >= 11 is 3.83. The molecule has 1 aromatic carbocycles. The number of carbonyl (C=O) groups excluding carboxylic acids is 2. The fourth-order valence-electron chi connectivity index (χ4n) is 1.50. The third-order valence-electron chi connectivity index (χ3n) is 2.65. The summed E-state index contributed by atoms with van der Waals surface area (Å²) in [6.07, 6.45) is -0.682. The predicted molar refractivity (Wildman–Crippen MR) is 82.7 cm³/mol. The fourth-order valence-corrected chi connectivity index (χ4v) is 1.75. The molecule has 0 saturated heterocycles. The lowest BCUT2D eigenvalue weighted by Gasteiger charge is -2.12. The van der Waals surface area contributed by atoms with Crippen LogP contribution < -0.4 is 10.6 Å². The van der Waals surface area contributed by atoms with Gasteiger partial charge in [-0.2, -0.15) is 12.6 Å². The highest BCUT2D eigenvalue weighted by Gasteiger charge is 2.17. The monoisotopic (exact) mass is 326 g/mol. The van der Waals surface area contributed by atoms with Gasteiger partial charge in [0.05, 0.1) is 0 Å². The van der Waals surface area contributed by atoms with Crippen LogP contribution in [-0.4, -0.2) is 41.4 Å². The molecule has 0 saturated carbocycles. The van der Waals surface area contributed by atoms with Gasteiger partial charge >= 0.3 is 12.1 Å². The van der Waals surface area contributed by atoms with Gasteiger partial charge in [-0.15, -0.1) is 0 Å². The first-order valence-electron chi connectivity index (χ1n) is 6.60. The van der Waals surface area contributed by atoms with Crippen LogP contribution in [0.1, 0.15) is 12.0 Å². The van der Waals surface area contributed by atoms with Gasteiger partial charge in [-0.25, -0.2) is 9.59 Å². The van der Waals surface area contributed by atoms with Crippen molar-refractivity contribution in [1.82, 2.24) is 10.6 Å². The number of amides is 2. The molecule has 8 heteroatoms. The highest BCUT2D eigenvalue weighted by atomic mass is 32.1. The van der Waals surface area contributed by atoms with Gasteiger partial charge in [-0.1, -0.05) is 30.3 Å². The Kier molecular flexibility index (Phi) is 7.84. The minimum atomic E-state index is -1.15. The number of benzene rings is 1. The summed E-state index contributed by atoms with van der Waals surface area (Å²) in [7, 11) is 0. The van der Waals surface area contributed by atoms with Crippen LogP contribution in [0.25, 0.3) is 0 Å². The first-order chi connectivity index (χ1) is 10.5. The Balaban J connectivity index is 2.19. The smallest absolute Gasteiger partial charge is 0.407 e. The van der Waals surface area contributed by atoms with E-state index in [0.29, 0.717) is 0 Å². The van der Waals surface area contributed by atoms with Crippen LogP contribution in [0.3, 0.4) is 0 Å². The molecule has 2 amide bonds. The zero-order chi connectivity index (χ0) is 16.4. The van der Waals surface area contributed by atoms with E-state index in [1.807, 2.05) is 30.3 Å². The minimum absolute atomic E-state index is 0.00633. The van der Waals surface area contributed by atoms with E-state index in [9.17, 15) is 14.4 Å². The molecule has 1 aromatic rings. The normalized spacial score (nSPS) is 11.3. The highest BCUT2D eigenvalue weighted by Crippen LogP contribution is 2.00. The van der Waals surface area contributed by atoms with E-state index in [4.69, 9.17) is 9.84 Å². The SMILES string of the molecule is O=C(CCNC(=O)OCc1ccccc1)NC(CS)C(=O)O. The van der Waals surface area contributed by atoms with Crippen LogP contribution in [0, 0.1) is 0 Å². The zero-order valence-corrected chi connectivity index (χ0v) is 12.7. The molecule has 0 aliphatic rings. The van der Waals surface area contributed by atoms with Gasteiger partial charge in [-0.3, -0.25) is 4.79 Å². The molecule has 7 nitrogen and oxygen atoms in total. The van der Waals surface area contributed by atoms with Crippen LogP contribution >= 0.6 is 12.6 Å². The lowest BCUT2D eigenvalue weighted by Crippen LogP contribution is -2.43. The summed E-state index contributed by atoms with van der Waals surface area (Å²) in [6.45, 7) is 0.192. The van der Waals surface area contributed by atoms with Crippen LogP contribution in [0.5, 0.6) is 0 Å². The number of thiol groups is 1. The average molecular weight is 326 g/mol. The van der Waals surface area contributed by atoms with Crippen molar-refractivity contribution in [2.45, 2.75) is 19.1 Å². The summed E-state index contributed by atoms with van der Waals surface area (Å²) in [5.41, 5.74) is 0.855. The zero-order valence-electron chi connectivity index (χ0n) is 11.8. The molecule has 0 aliphatic carbocycles. The molecule has 22 heavy (non-hydrogen) atoms. The van der Waals surface area contributed by atoms with Crippen molar-refractivity contribution in [3.63, 3.8) is 0 Å². The number of alkyl carbamates (subject to hydrolysis) is 1. The Morgan fingerprint density at radius 3 is 2.50 bits per heavy atom. The first-order valence-corrected chi connectivity index (χ1v) is 7.23. The molecule has 0 heterocycles. The summed E-state index contributed by atoms with van der Waals surface area (Å²) < 4.78 is 4.96. The van der Waals surface area contributed by atoms with Gasteiger partial charge < -0.3 is 20.5 Å². The van der Waals surface area contributed by atoms with Gasteiger partial charge in [0, 0.05) is 18.7 Å². The quantitative estimate of drug-likeness (QED) is 0.529. The first kappa shape index (κ1) is 17.8. The van der Waals surface area contributed by atoms with E-state index in [1.165, 1.54) is 0 Å². The lowest BCUT2D eigenvalue weighted by molar-refractivity contribution is -0.141. The Morgan fingerprint density at radius 2 is 1.91 bits per heavy atom. The Labute approximate surface area is 133 Å². The average Bonchev–Trinajstić information content (AvgIpc) is 2.51. The van der Waals surface area contributed by atoms with Crippen LogP contribution in [0.2, 0.25) is 0 Å². The predicted octanol–water partition coefficient (Wildman–Crippen LogP) is 0.802. The number of carboxylic acid groups (broad SMARTS) is 1. The minimum Gasteiger partial charge on any atom is -0.480 e. The van der Waals surface area contributed by atoms with Crippen molar-refractivity contribution in [2.75, 3.05) is 12.3 Å². The second-order valence-corrected chi connectivity index (χ2v) is 4.74. The second-order valence-electron chi connectivity index (χ2n) is 4.38. The third kappa shape index (κ3) is 6.98. The van der Waals surface area contributed by atoms with Gasteiger partial charge in [-0.05, 0) is 5.56 Å². The molecule has 0 radical (unpaired) electrons. The van der Waals surface area contributed by atoms with Gasteiger partial charge in [0.1, 0.15) is 12.6 Å². The van der Waals surface area contributed by atoms with E-state index < -0.39 is 24.0 Å². The Hall–Kier alpha value is -2.22. The number of aliphatic carboxylic acids is 1. The number of rotatable bonds is 8. The summed E-state index contributed by atoms with van der Waals surface area (Å²) in [6, 6.07) is 8.13. The van der Waals surface area contributed by atoms with Gasteiger partial charge in [0.25, 0.3) is 0 Å². The van der Waals surface area contributed by atoms with Gasteiger partial charge in [0.2, 0.25) is 5.91 Å². The second kappa shape index (κ2) is 9.67. The number of hydrogen-bond acceptors (Lipinski definition) is 5. The van der Waals surface area contributed by atoms with Crippen molar-refractivity contribution in [3.8, 4) is 0 Å². The van der Waals surface area contributed by atoms with E-state index >= 15 is 0 Å². The lowest BCUT2D eigenvalue weighted by atomic mass is 10.2. The molecule has 3 N–H and O–H groups in total. The van der Waals surface area contributed by atoms with E-state index in [1.54, 1.807) is 0 Å². The highest BCUT2D eigenvalue weighted by molar-refractivity contribution is 7.80. The number of hydrogen-bond donors (Lipinski definition) is 4. The number of carboxylic acids is 1. The number of ether oxygens (including phenoxy) is 1. The summed E-state index contributed by atoms with van der Waals surface area (Å²) in [4.78, 5) is 33.6. The molecule has 1 atom stereocenters. The maximum absolute atomic E-state index is 11.5. The number of carbonyl (C=O) groups is 3. The van der Waals surface area contributed by atoms with Crippen molar-refractivity contribution >= 4 is 30.6 Å². The summed E-state index contributed by atoms with van der Waals surface area (Å²) in [5, 5.41) is 13.5. The Bertz CT molecular complexity index is 509. The Morgan fingerprint density at radius 1 is 1.23 bits per heavy atom. The van der Waals surface area contributed by atoms with Crippen molar-refractivity contribution in [2.24, 2.45) is 0 Å². The fraction of sp³-hybridized carbons (Fsp3) is 0.357.